The zero-order chi connectivity index (χ0) is 29.1. The molecule has 11 heteroatoms. The van der Waals surface area contributed by atoms with Crippen LogP contribution in [0.2, 0.25) is 0 Å². The first-order valence-electron chi connectivity index (χ1n) is 14.0. The maximum atomic E-state index is 12.4. The molecule has 1 amide bonds. The number of rotatable bonds is 7. The molecule has 1 aliphatic heterocycles. The topological polar surface area (TPSA) is 121 Å². The molecule has 1 aromatic carbocycles. The van der Waals surface area contributed by atoms with Gasteiger partial charge in [0, 0.05) is 44.0 Å². The van der Waals surface area contributed by atoms with Crippen LogP contribution in [0, 0.1) is 0 Å². The average Bonchev–Trinajstić information content (AvgIpc) is 3.33. The number of ether oxygens (including phenoxy) is 2. The molecule has 216 valence electrons. The van der Waals surface area contributed by atoms with Gasteiger partial charge in [0.1, 0.15) is 23.4 Å². The number of fused-ring (bicyclic) bond motifs is 1. The normalized spacial score (nSPS) is 15.2. The molecule has 3 aromatic heterocycles. The maximum Gasteiger partial charge on any atom is 0.410 e. The second-order valence-corrected chi connectivity index (χ2v) is 11.5. The predicted molar refractivity (Wildman–Crippen MR) is 158 cm³/mol. The van der Waals surface area contributed by atoms with E-state index < -0.39 is 5.60 Å². The number of piperazine rings is 1. The van der Waals surface area contributed by atoms with Crippen molar-refractivity contribution >= 4 is 28.9 Å². The number of nitrogens with one attached hydrogen (secondary N) is 2. The van der Waals surface area contributed by atoms with Crippen molar-refractivity contribution in [2.75, 3.05) is 31.5 Å². The smallest absolute Gasteiger partial charge is 0.410 e. The van der Waals surface area contributed by atoms with E-state index in [4.69, 9.17) is 14.5 Å². The molecule has 2 N–H and O–H groups in total. The van der Waals surface area contributed by atoms with E-state index in [9.17, 15) is 4.79 Å². The molecule has 1 unspecified atom stereocenters. The number of aromatic amines is 1. The molecule has 5 rings (SSSR count). The number of benzene rings is 1. The Balaban J connectivity index is 1.26. The second-order valence-electron chi connectivity index (χ2n) is 11.5. The summed E-state index contributed by atoms with van der Waals surface area (Å²) < 4.78 is 11.4. The lowest BCUT2D eigenvalue weighted by Crippen LogP contribution is -2.50. The Kier molecular flexibility index (Phi) is 8.07. The Morgan fingerprint density at radius 1 is 1.05 bits per heavy atom. The molecule has 4 heterocycles. The van der Waals surface area contributed by atoms with Crippen LogP contribution in [-0.2, 0) is 4.74 Å². The van der Waals surface area contributed by atoms with Crippen molar-refractivity contribution < 1.29 is 14.3 Å². The van der Waals surface area contributed by atoms with Crippen LogP contribution in [0.3, 0.4) is 0 Å². The highest BCUT2D eigenvalue weighted by Gasteiger charge is 2.28. The number of H-pyrrole nitrogens is 1. The summed E-state index contributed by atoms with van der Waals surface area (Å²) in [5.41, 5.74) is 3.97. The van der Waals surface area contributed by atoms with Crippen molar-refractivity contribution in [2.24, 2.45) is 0 Å². The first-order valence-corrected chi connectivity index (χ1v) is 14.0. The monoisotopic (exact) mass is 558 g/mol. The molecular formula is C30H38N8O3. The summed E-state index contributed by atoms with van der Waals surface area (Å²) in [7, 11) is 0. The highest BCUT2D eigenvalue weighted by atomic mass is 16.6. The van der Waals surface area contributed by atoms with E-state index in [1.807, 2.05) is 65.0 Å². The van der Waals surface area contributed by atoms with E-state index in [1.54, 1.807) is 17.3 Å². The quantitative estimate of drug-likeness (QED) is 0.300. The van der Waals surface area contributed by atoms with Gasteiger partial charge in [-0.1, -0.05) is 6.07 Å². The van der Waals surface area contributed by atoms with Crippen LogP contribution >= 0.6 is 0 Å². The third kappa shape index (κ3) is 6.91. The summed E-state index contributed by atoms with van der Waals surface area (Å²) in [6.07, 6.45) is 4.77. The van der Waals surface area contributed by atoms with Gasteiger partial charge in [0.05, 0.1) is 23.3 Å². The van der Waals surface area contributed by atoms with E-state index >= 15 is 0 Å². The van der Waals surface area contributed by atoms with Crippen molar-refractivity contribution in [3.05, 3.63) is 54.6 Å². The van der Waals surface area contributed by atoms with Crippen molar-refractivity contribution in [1.29, 1.82) is 0 Å². The number of hydrogen-bond acceptors (Lipinski definition) is 9. The van der Waals surface area contributed by atoms with Gasteiger partial charge in [0.2, 0.25) is 5.95 Å². The number of hydrogen-bond donors (Lipinski definition) is 2. The fourth-order valence-corrected chi connectivity index (χ4v) is 4.82. The number of aromatic nitrogens is 5. The predicted octanol–water partition coefficient (Wildman–Crippen LogP) is 5.56. The molecule has 1 aliphatic rings. The molecule has 0 spiro atoms. The largest absolute Gasteiger partial charge is 0.487 e. The molecule has 41 heavy (non-hydrogen) atoms. The van der Waals surface area contributed by atoms with Crippen molar-refractivity contribution in [1.82, 2.24) is 34.7 Å². The minimum atomic E-state index is -0.493. The van der Waals surface area contributed by atoms with Gasteiger partial charge in [-0.25, -0.2) is 24.7 Å². The SMILES string of the molecule is CC(C)Oc1cncnc1-c1ccc2nc(Nc3cc(C(C)N4CCN(C(=O)OC(C)(C)C)CC4)ccn3)[nH]c2c1. The summed E-state index contributed by atoms with van der Waals surface area (Å²) in [4.78, 5) is 37.7. The molecule has 11 nitrogen and oxygen atoms in total. The summed E-state index contributed by atoms with van der Waals surface area (Å²) in [5.74, 6) is 1.94. The minimum Gasteiger partial charge on any atom is -0.487 e. The van der Waals surface area contributed by atoms with Gasteiger partial charge in [-0.3, -0.25) is 4.90 Å². The van der Waals surface area contributed by atoms with Gasteiger partial charge >= 0.3 is 6.09 Å². The van der Waals surface area contributed by atoms with Gasteiger partial charge in [0.15, 0.2) is 5.75 Å². The van der Waals surface area contributed by atoms with E-state index in [-0.39, 0.29) is 18.2 Å². The molecule has 0 bridgehead atoms. The van der Waals surface area contributed by atoms with E-state index in [0.717, 1.165) is 40.9 Å². The van der Waals surface area contributed by atoms with Crippen molar-refractivity contribution in [3.8, 4) is 17.0 Å². The molecule has 1 saturated heterocycles. The molecule has 0 aliphatic carbocycles. The Hall–Kier alpha value is -4.25. The van der Waals surface area contributed by atoms with Gasteiger partial charge in [-0.2, -0.15) is 0 Å². The lowest BCUT2D eigenvalue weighted by molar-refractivity contribution is 0.0110. The highest BCUT2D eigenvalue weighted by molar-refractivity contribution is 5.84. The Morgan fingerprint density at radius 2 is 1.83 bits per heavy atom. The van der Waals surface area contributed by atoms with Crippen LogP contribution in [0.4, 0.5) is 16.6 Å². The number of amides is 1. The van der Waals surface area contributed by atoms with Gasteiger partial charge in [-0.15, -0.1) is 0 Å². The fourth-order valence-electron chi connectivity index (χ4n) is 4.82. The summed E-state index contributed by atoms with van der Waals surface area (Å²) in [6, 6.07) is 10.2. The molecule has 1 fully saturated rings. The lowest BCUT2D eigenvalue weighted by atomic mass is 10.1. The zero-order valence-electron chi connectivity index (χ0n) is 24.5. The number of carbonyl (C=O) groups is 1. The first-order chi connectivity index (χ1) is 19.6. The molecule has 1 atom stereocenters. The van der Waals surface area contributed by atoms with E-state index in [2.05, 4.69) is 37.1 Å². The second kappa shape index (κ2) is 11.7. The third-order valence-corrected chi connectivity index (χ3v) is 6.82. The molecular weight excluding hydrogens is 520 g/mol. The summed E-state index contributed by atoms with van der Waals surface area (Å²) in [6.45, 7) is 14.6. The standard InChI is InChI=1S/C30H38N8O3/c1-19(2)40-25-17-31-18-33-27(25)22-7-8-23-24(15-22)35-28(34-23)36-26-16-21(9-10-32-26)20(3)37-11-13-38(14-12-37)29(39)41-30(4,5)6/h7-10,15-20H,11-14H2,1-6H3,(H2,32,34,35,36). The number of carbonyl (C=O) groups excluding carboxylic acids is 1. The first kappa shape index (κ1) is 28.3. The minimum absolute atomic E-state index is 0.0132. The van der Waals surface area contributed by atoms with Gasteiger partial charge in [0.25, 0.3) is 0 Å². The number of nitrogens with zero attached hydrogens (tertiary/aromatic N) is 6. The Morgan fingerprint density at radius 3 is 2.56 bits per heavy atom. The van der Waals surface area contributed by atoms with Crippen LogP contribution < -0.4 is 10.1 Å². The van der Waals surface area contributed by atoms with Crippen LogP contribution in [0.25, 0.3) is 22.3 Å². The number of pyridine rings is 1. The van der Waals surface area contributed by atoms with Gasteiger partial charge < -0.3 is 24.7 Å². The molecule has 4 aromatic rings. The lowest BCUT2D eigenvalue weighted by Gasteiger charge is -2.38. The molecule has 0 saturated carbocycles. The average molecular weight is 559 g/mol. The summed E-state index contributed by atoms with van der Waals surface area (Å²) >= 11 is 0. The van der Waals surface area contributed by atoms with Crippen LogP contribution in [0.1, 0.15) is 53.1 Å². The van der Waals surface area contributed by atoms with Crippen LogP contribution in [0.5, 0.6) is 5.75 Å². The summed E-state index contributed by atoms with van der Waals surface area (Å²) in [5, 5.41) is 3.32. The Labute approximate surface area is 240 Å². The third-order valence-electron chi connectivity index (χ3n) is 6.82. The maximum absolute atomic E-state index is 12.4. The van der Waals surface area contributed by atoms with Crippen molar-refractivity contribution in [3.63, 3.8) is 0 Å². The fraction of sp³-hybridized carbons (Fsp3) is 0.433. The van der Waals surface area contributed by atoms with Crippen molar-refractivity contribution in [2.45, 2.75) is 59.3 Å². The van der Waals surface area contributed by atoms with E-state index in [1.165, 1.54) is 6.33 Å². The number of imidazole rings is 1. The van der Waals surface area contributed by atoms with E-state index in [0.29, 0.717) is 30.6 Å². The Bertz CT molecular complexity index is 1510. The van der Waals surface area contributed by atoms with Crippen LogP contribution in [0.15, 0.2) is 49.1 Å². The van der Waals surface area contributed by atoms with Crippen LogP contribution in [-0.4, -0.2) is 78.7 Å². The number of anilines is 2. The van der Waals surface area contributed by atoms with Gasteiger partial charge in [-0.05, 0) is 71.4 Å². The zero-order valence-corrected chi connectivity index (χ0v) is 24.5. The molecule has 0 radical (unpaired) electrons. The highest BCUT2D eigenvalue weighted by Crippen LogP contribution is 2.30.